The molecule has 3 rings (SSSR count). The highest BCUT2D eigenvalue weighted by Gasteiger charge is 2.15. The predicted octanol–water partition coefficient (Wildman–Crippen LogP) is 2.08. The lowest BCUT2D eigenvalue weighted by Gasteiger charge is -2.04. The van der Waals surface area contributed by atoms with E-state index in [1.807, 2.05) is 47.7 Å². The Bertz CT molecular complexity index is 682. The van der Waals surface area contributed by atoms with Crippen LogP contribution in [-0.4, -0.2) is 16.8 Å². The Kier molecular flexibility index (Phi) is 2.73. The number of aryl methyl sites for hydroxylation is 1. The molecular weight excluding hydrogens is 347 g/mol. The van der Waals surface area contributed by atoms with E-state index in [1.54, 1.807) is 0 Å². The molecule has 18 heavy (non-hydrogen) atoms. The third-order valence-corrected chi connectivity index (χ3v) is 3.94. The Hall–Kier alpha value is -1.57. The van der Waals surface area contributed by atoms with E-state index in [9.17, 15) is 4.79 Å². The van der Waals surface area contributed by atoms with Crippen molar-refractivity contribution in [2.45, 2.75) is 6.92 Å². The normalized spacial score (nSPS) is 12.8. The molecule has 0 aliphatic carbocycles. The maximum absolute atomic E-state index is 11.7. The number of hydrogen-bond acceptors (Lipinski definition) is 4. The first-order valence-corrected chi connectivity index (χ1v) is 6.39. The van der Waals surface area contributed by atoms with Crippen molar-refractivity contribution >= 4 is 22.6 Å². The van der Waals surface area contributed by atoms with Crippen LogP contribution in [0, 0.1) is 10.5 Å². The molecule has 0 saturated carbocycles. The smallest absolute Gasteiger partial charge is 0.264 e. The summed E-state index contributed by atoms with van der Waals surface area (Å²) in [4.78, 5) is 18.8. The highest BCUT2D eigenvalue weighted by atomic mass is 127. The SMILES string of the molecule is Cc1nc(-c2ccc3c(c2)OCO3)[nH]c(=O)c1I. The van der Waals surface area contributed by atoms with Gasteiger partial charge in [0.15, 0.2) is 11.5 Å². The zero-order valence-corrected chi connectivity index (χ0v) is 11.6. The van der Waals surface area contributed by atoms with E-state index >= 15 is 0 Å². The van der Waals surface area contributed by atoms with Crippen LogP contribution >= 0.6 is 22.6 Å². The van der Waals surface area contributed by atoms with Crippen LogP contribution in [-0.2, 0) is 0 Å². The Balaban J connectivity index is 2.13. The molecule has 1 aliphatic heterocycles. The van der Waals surface area contributed by atoms with Gasteiger partial charge in [-0.2, -0.15) is 0 Å². The summed E-state index contributed by atoms with van der Waals surface area (Å²) in [6.45, 7) is 2.04. The van der Waals surface area contributed by atoms with Gasteiger partial charge in [0, 0.05) is 5.56 Å². The van der Waals surface area contributed by atoms with E-state index in [2.05, 4.69) is 9.97 Å². The molecule has 1 aromatic carbocycles. The number of fused-ring (bicyclic) bond motifs is 1. The van der Waals surface area contributed by atoms with Crippen LogP contribution in [0.1, 0.15) is 5.69 Å². The first-order valence-electron chi connectivity index (χ1n) is 5.31. The summed E-state index contributed by atoms with van der Waals surface area (Å²) in [5.74, 6) is 1.92. The maximum atomic E-state index is 11.7. The van der Waals surface area contributed by atoms with Crippen molar-refractivity contribution < 1.29 is 9.47 Å². The third kappa shape index (κ3) is 1.86. The van der Waals surface area contributed by atoms with E-state index in [0.717, 1.165) is 5.56 Å². The maximum Gasteiger partial charge on any atom is 0.264 e. The van der Waals surface area contributed by atoms with Crippen LogP contribution in [0.4, 0.5) is 0 Å². The van der Waals surface area contributed by atoms with Crippen LogP contribution in [0.25, 0.3) is 11.4 Å². The van der Waals surface area contributed by atoms with Gasteiger partial charge in [-0.3, -0.25) is 4.79 Å². The van der Waals surface area contributed by atoms with Crippen LogP contribution in [0.3, 0.4) is 0 Å². The second-order valence-electron chi connectivity index (χ2n) is 3.88. The molecule has 0 atom stereocenters. The molecule has 92 valence electrons. The summed E-state index contributed by atoms with van der Waals surface area (Å²) in [5, 5.41) is 0. The molecule has 6 heteroatoms. The molecular formula is C12H9IN2O3. The number of benzene rings is 1. The van der Waals surface area contributed by atoms with Crippen molar-refractivity contribution in [1.82, 2.24) is 9.97 Å². The molecule has 0 spiro atoms. The minimum absolute atomic E-state index is 0.129. The van der Waals surface area contributed by atoms with Gasteiger partial charge in [0.2, 0.25) is 6.79 Å². The molecule has 1 aliphatic rings. The third-order valence-electron chi connectivity index (χ3n) is 2.67. The second kappa shape index (κ2) is 4.27. The largest absolute Gasteiger partial charge is 0.454 e. The first kappa shape index (κ1) is 11.5. The van der Waals surface area contributed by atoms with E-state index in [0.29, 0.717) is 26.6 Å². The van der Waals surface area contributed by atoms with Gasteiger partial charge in [0.1, 0.15) is 5.82 Å². The quantitative estimate of drug-likeness (QED) is 0.795. The molecule has 1 aromatic heterocycles. The summed E-state index contributed by atoms with van der Waals surface area (Å²) >= 11 is 1.98. The van der Waals surface area contributed by atoms with Crippen molar-refractivity contribution in [1.29, 1.82) is 0 Å². The van der Waals surface area contributed by atoms with Crippen LogP contribution in [0.15, 0.2) is 23.0 Å². The van der Waals surface area contributed by atoms with E-state index in [4.69, 9.17) is 9.47 Å². The number of ether oxygens (including phenoxy) is 2. The topological polar surface area (TPSA) is 64.2 Å². The van der Waals surface area contributed by atoms with Crippen molar-refractivity contribution in [3.8, 4) is 22.9 Å². The number of nitrogens with zero attached hydrogens (tertiary/aromatic N) is 1. The number of nitrogens with one attached hydrogen (secondary N) is 1. The van der Waals surface area contributed by atoms with Gasteiger partial charge in [0.05, 0.1) is 9.26 Å². The van der Waals surface area contributed by atoms with Gasteiger partial charge in [-0.1, -0.05) is 0 Å². The number of aromatic nitrogens is 2. The molecule has 5 nitrogen and oxygen atoms in total. The molecule has 0 fully saturated rings. The van der Waals surface area contributed by atoms with Crippen molar-refractivity contribution in [2.75, 3.05) is 6.79 Å². The predicted molar refractivity (Wildman–Crippen MR) is 73.9 cm³/mol. The number of rotatable bonds is 1. The second-order valence-corrected chi connectivity index (χ2v) is 4.96. The summed E-state index contributed by atoms with van der Waals surface area (Å²) in [6.07, 6.45) is 0. The fraction of sp³-hybridized carbons (Fsp3) is 0.167. The van der Waals surface area contributed by atoms with Crippen LogP contribution < -0.4 is 15.0 Å². The van der Waals surface area contributed by atoms with Gasteiger partial charge in [-0.25, -0.2) is 4.98 Å². The summed E-state index contributed by atoms with van der Waals surface area (Å²) in [5.41, 5.74) is 1.39. The van der Waals surface area contributed by atoms with Gasteiger partial charge < -0.3 is 14.5 Å². The van der Waals surface area contributed by atoms with Crippen molar-refractivity contribution in [3.05, 3.63) is 37.8 Å². The highest BCUT2D eigenvalue weighted by Crippen LogP contribution is 2.34. The minimum atomic E-state index is -0.129. The summed E-state index contributed by atoms with van der Waals surface area (Å²) < 4.78 is 11.1. The van der Waals surface area contributed by atoms with Crippen molar-refractivity contribution in [3.63, 3.8) is 0 Å². The highest BCUT2D eigenvalue weighted by molar-refractivity contribution is 14.1. The molecule has 0 unspecified atom stereocenters. The molecule has 0 saturated heterocycles. The van der Waals surface area contributed by atoms with Gasteiger partial charge in [-0.05, 0) is 47.7 Å². The molecule has 2 aromatic rings. The summed E-state index contributed by atoms with van der Waals surface area (Å²) in [7, 11) is 0. The van der Waals surface area contributed by atoms with Gasteiger partial charge in [-0.15, -0.1) is 0 Å². The Labute approximate surface area is 116 Å². The van der Waals surface area contributed by atoms with E-state index < -0.39 is 0 Å². The number of halogens is 1. The van der Waals surface area contributed by atoms with Crippen LogP contribution in [0.5, 0.6) is 11.5 Å². The molecule has 0 bridgehead atoms. The lowest BCUT2D eigenvalue weighted by Crippen LogP contribution is -2.14. The molecule has 2 heterocycles. The average Bonchev–Trinajstić information content (AvgIpc) is 2.82. The lowest BCUT2D eigenvalue weighted by atomic mass is 10.2. The van der Waals surface area contributed by atoms with Gasteiger partial charge in [0.25, 0.3) is 5.56 Å². The molecule has 0 radical (unpaired) electrons. The Morgan fingerprint density at radius 1 is 1.33 bits per heavy atom. The Morgan fingerprint density at radius 2 is 2.11 bits per heavy atom. The van der Waals surface area contributed by atoms with E-state index in [-0.39, 0.29) is 12.4 Å². The standard InChI is InChI=1S/C12H9IN2O3/c1-6-10(13)12(16)15-11(14-6)7-2-3-8-9(4-7)18-5-17-8/h2-4H,5H2,1H3,(H,14,15,16). The summed E-state index contributed by atoms with van der Waals surface area (Å²) in [6, 6.07) is 5.47. The zero-order valence-electron chi connectivity index (χ0n) is 9.49. The molecule has 0 amide bonds. The monoisotopic (exact) mass is 356 g/mol. The van der Waals surface area contributed by atoms with E-state index in [1.165, 1.54) is 0 Å². The Morgan fingerprint density at radius 3 is 2.89 bits per heavy atom. The average molecular weight is 356 g/mol. The first-order chi connectivity index (χ1) is 8.65. The number of hydrogen-bond donors (Lipinski definition) is 1. The fourth-order valence-corrected chi connectivity index (χ4v) is 2.01. The van der Waals surface area contributed by atoms with Gasteiger partial charge >= 0.3 is 0 Å². The molecule has 1 N–H and O–H groups in total. The number of aromatic amines is 1. The van der Waals surface area contributed by atoms with Crippen molar-refractivity contribution in [2.24, 2.45) is 0 Å². The number of H-pyrrole nitrogens is 1. The van der Waals surface area contributed by atoms with Crippen LogP contribution in [0.2, 0.25) is 0 Å². The fourth-order valence-electron chi connectivity index (χ4n) is 1.75. The minimum Gasteiger partial charge on any atom is -0.454 e. The lowest BCUT2D eigenvalue weighted by molar-refractivity contribution is 0.174. The zero-order chi connectivity index (χ0) is 12.7.